The summed E-state index contributed by atoms with van der Waals surface area (Å²) in [6.45, 7) is 4.14. The average Bonchev–Trinajstić information content (AvgIpc) is 4.08. The van der Waals surface area contributed by atoms with Gasteiger partial charge in [-0.1, -0.05) is 97.1 Å². The van der Waals surface area contributed by atoms with Crippen LogP contribution in [0.5, 0.6) is 23.0 Å². The highest BCUT2D eigenvalue weighted by molar-refractivity contribution is 5.93. The predicted molar refractivity (Wildman–Crippen MR) is 298 cm³/mol. The molecule has 0 amide bonds. The van der Waals surface area contributed by atoms with Gasteiger partial charge in [-0.2, -0.15) is 0 Å². The first-order valence-electron chi connectivity index (χ1n) is 26.3. The molecule has 2 aliphatic heterocycles. The molecular formula is C64H52N10O2. The fourth-order valence-electron chi connectivity index (χ4n) is 11.1. The van der Waals surface area contributed by atoms with E-state index in [4.69, 9.17) is 19.4 Å². The van der Waals surface area contributed by atoms with Crippen LogP contribution in [0.2, 0.25) is 0 Å². The molecule has 0 saturated carbocycles. The van der Waals surface area contributed by atoms with E-state index in [1.54, 1.807) is 24.8 Å². The number of rotatable bonds is 11. The number of imidazole rings is 2. The number of hydrogen-bond acceptors (Lipinski definition) is 8. The Bertz CT molecular complexity index is 3870. The second-order valence-corrected chi connectivity index (χ2v) is 19.7. The third-order valence-corrected chi connectivity index (χ3v) is 14.8. The van der Waals surface area contributed by atoms with Gasteiger partial charge in [0.05, 0.1) is 80.0 Å². The van der Waals surface area contributed by atoms with Gasteiger partial charge in [-0.15, -0.1) is 0 Å². The van der Waals surface area contributed by atoms with Crippen LogP contribution in [0.3, 0.4) is 0 Å². The molecule has 14 rings (SSSR count). The van der Waals surface area contributed by atoms with Crippen molar-refractivity contribution in [3.05, 3.63) is 208 Å². The van der Waals surface area contributed by atoms with Crippen molar-refractivity contribution >= 4 is 55.0 Å². The molecule has 12 nitrogen and oxygen atoms in total. The molecule has 6 aromatic heterocycles. The third kappa shape index (κ3) is 8.57. The lowest BCUT2D eigenvalue weighted by Gasteiger charge is -2.31. The maximum absolute atomic E-state index is 6.53. The van der Waals surface area contributed by atoms with Gasteiger partial charge in [-0.3, -0.25) is 38.2 Å². The Morgan fingerprint density at radius 3 is 1.21 bits per heavy atom. The molecule has 12 aromatic rings. The average molecular weight is 993 g/mol. The summed E-state index contributed by atoms with van der Waals surface area (Å²) in [5, 5.41) is 4.84. The highest BCUT2D eigenvalue weighted by atomic mass is 16.5. The van der Waals surface area contributed by atoms with Crippen molar-refractivity contribution in [2.45, 2.75) is 38.5 Å². The largest absolute Gasteiger partial charge is 0.456 e. The smallest absolute Gasteiger partial charge is 0.269 e. The van der Waals surface area contributed by atoms with Crippen LogP contribution < -0.4 is 28.4 Å². The third-order valence-electron chi connectivity index (χ3n) is 14.8. The molecule has 0 radical (unpaired) electrons. The Labute approximate surface area is 440 Å². The number of fused-ring (bicyclic) bond motifs is 4. The second kappa shape index (κ2) is 19.5. The van der Waals surface area contributed by atoms with Gasteiger partial charge in [0, 0.05) is 63.1 Å². The molecule has 2 fully saturated rings. The van der Waals surface area contributed by atoms with Gasteiger partial charge in [0.2, 0.25) is 0 Å². The summed E-state index contributed by atoms with van der Waals surface area (Å²) in [4.78, 5) is 23.8. The minimum absolute atomic E-state index is 0.572. The van der Waals surface area contributed by atoms with E-state index < -0.39 is 0 Å². The quantitative estimate of drug-likeness (QED) is 0.0934. The van der Waals surface area contributed by atoms with E-state index in [0.29, 0.717) is 34.4 Å². The van der Waals surface area contributed by atoms with E-state index in [9.17, 15) is 0 Å². The SMILES string of the molecule is [c-]1n(-c2cc3ccccc3cc2N2CCCCC2)c2ccccc2[n+]1-c1cncc(Oc2ccnc(-c3cc(Oc4cncc(-[n+]5[c-]n(-c6cc7ccccc7cc6N6CCCCC6)c6ccccc65)c4)ccn3)c2)c1. The van der Waals surface area contributed by atoms with Crippen LogP contribution in [0.1, 0.15) is 38.5 Å². The minimum Gasteiger partial charge on any atom is -0.456 e. The number of hydrogen-bond donors (Lipinski definition) is 0. The number of anilines is 2. The van der Waals surface area contributed by atoms with Gasteiger partial charge >= 0.3 is 0 Å². The van der Waals surface area contributed by atoms with Crippen LogP contribution >= 0.6 is 0 Å². The van der Waals surface area contributed by atoms with Crippen LogP contribution in [0.4, 0.5) is 11.4 Å². The summed E-state index contributed by atoms with van der Waals surface area (Å²) in [7, 11) is 0. The second-order valence-electron chi connectivity index (χ2n) is 19.7. The Morgan fingerprint density at radius 1 is 0.382 bits per heavy atom. The molecule has 2 aliphatic rings. The van der Waals surface area contributed by atoms with Gasteiger partial charge in [0.15, 0.2) is 0 Å². The molecule has 6 aromatic carbocycles. The molecule has 12 heteroatoms. The van der Waals surface area contributed by atoms with Crippen molar-refractivity contribution in [3.8, 4) is 57.1 Å². The summed E-state index contributed by atoms with van der Waals surface area (Å²) in [6.07, 6.45) is 25.3. The van der Waals surface area contributed by atoms with Crippen LogP contribution in [0.25, 0.3) is 77.7 Å². The Morgan fingerprint density at radius 2 is 0.776 bits per heavy atom. The predicted octanol–water partition coefficient (Wildman–Crippen LogP) is 12.8. The summed E-state index contributed by atoms with van der Waals surface area (Å²) >= 11 is 0. The molecular weight excluding hydrogens is 941 g/mol. The number of pyridine rings is 4. The van der Waals surface area contributed by atoms with Crippen molar-refractivity contribution in [2.24, 2.45) is 0 Å². The lowest BCUT2D eigenvalue weighted by atomic mass is 10.0. The van der Waals surface area contributed by atoms with Crippen molar-refractivity contribution in [3.63, 3.8) is 0 Å². The van der Waals surface area contributed by atoms with E-state index in [1.807, 2.05) is 48.8 Å². The van der Waals surface area contributed by atoms with Crippen LogP contribution in [0, 0.1) is 12.7 Å². The monoisotopic (exact) mass is 992 g/mol. The maximum Gasteiger partial charge on any atom is 0.269 e. The first-order chi connectivity index (χ1) is 37.6. The van der Waals surface area contributed by atoms with Gasteiger partial charge in [0.1, 0.15) is 23.0 Å². The molecule has 0 spiro atoms. The zero-order valence-electron chi connectivity index (χ0n) is 41.8. The van der Waals surface area contributed by atoms with Crippen LogP contribution in [-0.4, -0.2) is 55.2 Å². The zero-order valence-corrected chi connectivity index (χ0v) is 41.8. The van der Waals surface area contributed by atoms with Gasteiger partial charge in [0.25, 0.3) is 12.7 Å². The van der Waals surface area contributed by atoms with Gasteiger partial charge in [-0.05, 0) is 109 Å². The summed E-state index contributed by atoms with van der Waals surface area (Å²) < 4.78 is 21.6. The van der Waals surface area contributed by atoms with Crippen molar-refractivity contribution < 1.29 is 18.6 Å². The first kappa shape index (κ1) is 45.2. The van der Waals surface area contributed by atoms with Crippen molar-refractivity contribution in [1.29, 1.82) is 0 Å². The number of piperidine rings is 2. The number of nitrogens with zero attached hydrogens (tertiary/aromatic N) is 10. The fraction of sp³-hybridized carbons (Fsp3) is 0.156. The molecule has 76 heavy (non-hydrogen) atoms. The summed E-state index contributed by atoms with van der Waals surface area (Å²) in [5.74, 6) is 2.32. The Hall–Kier alpha value is -9.42. The lowest BCUT2D eigenvalue weighted by molar-refractivity contribution is -0.573. The molecule has 8 heterocycles. The summed E-state index contributed by atoms with van der Waals surface area (Å²) in [5.41, 5.74) is 11.6. The maximum atomic E-state index is 6.53. The standard InChI is InChI=1S/C64H52N10O2/c1-11-27-69(28-12-1)61-31-45-15-3-5-17-47(45)33-63(61)73-43-71(57-19-7-9-21-59(57)73)49-35-53(41-65-39-49)75-51-23-25-67-55(37-51)56-38-52(24-26-68-56)76-54-36-50(40-66-42-54)72-44-74(60-22-10-8-20-58(60)72)64-34-48-18-6-4-16-46(48)32-62(64)70-29-13-2-14-30-70/h3-10,15-26,31-42H,1-2,11-14,27-30H2. The number of aromatic nitrogens is 8. The van der Waals surface area contributed by atoms with E-state index in [-0.39, 0.29) is 0 Å². The van der Waals surface area contributed by atoms with Crippen molar-refractivity contribution in [2.75, 3.05) is 36.0 Å². The number of para-hydroxylation sites is 4. The zero-order chi connectivity index (χ0) is 50.4. The van der Waals surface area contributed by atoms with Gasteiger partial charge in [-0.25, -0.2) is 0 Å². The Kier molecular flexibility index (Phi) is 11.6. The van der Waals surface area contributed by atoms with E-state index >= 15 is 0 Å². The van der Waals surface area contributed by atoms with Gasteiger partial charge < -0.3 is 19.3 Å². The molecule has 0 unspecified atom stereocenters. The normalized spacial score (nSPS) is 14.0. The number of ether oxygens (including phenoxy) is 2. The topological polar surface area (TPSA) is 94.1 Å². The molecule has 0 atom stereocenters. The van der Waals surface area contributed by atoms with Crippen LogP contribution in [0.15, 0.2) is 195 Å². The Balaban J connectivity index is 0.735. The minimum atomic E-state index is 0.572. The number of benzene rings is 6. The first-order valence-corrected chi connectivity index (χ1v) is 26.3. The van der Waals surface area contributed by atoms with E-state index in [1.165, 1.54) is 71.4 Å². The molecule has 370 valence electrons. The molecule has 0 N–H and O–H groups in total. The summed E-state index contributed by atoms with van der Waals surface area (Å²) in [6, 6.07) is 54.7. The van der Waals surface area contributed by atoms with Crippen molar-refractivity contribution in [1.82, 2.24) is 29.1 Å². The highest BCUT2D eigenvalue weighted by Crippen LogP contribution is 2.37. The molecule has 0 bridgehead atoms. The van der Waals surface area contributed by atoms with E-state index in [0.717, 1.165) is 71.0 Å². The van der Waals surface area contributed by atoms with Crippen LogP contribution in [-0.2, 0) is 0 Å². The molecule has 2 saturated heterocycles. The lowest BCUT2D eigenvalue weighted by Crippen LogP contribution is -2.31. The highest BCUT2D eigenvalue weighted by Gasteiger charge is 2.23. The fourth-order valence-corrected chi connectivity index (χ4v) is 11.1. The van der Waals surface area contributed by atoms with E-state index in [2.05, 4.69) is 172 Å². The molecule has 0 aliphatic carbocycles.